The predicted molar refractivity (Wildman–Crippen MR) is 71.2 cm³/mol. The molecule has 122 valence electrons. The quantitative estimate of drug-likeness (QED) is 0.707. The number of sulfonamides is 1. The smallest absolute Gasteiger partial charge is 0.310 e. The van der Waals surface area contributed by atoms with Crippen LogP contribution in [0.1, 0.15) is 31.5 Å². The lowest BCUT2D eigenvalue weighted by molar-refractivity contribution is -0.132. The van der Waals surface area contributed by atoms with Gasteiger partial charge in [0.15, 0.2) is 5.03 Å². The fraction of sp³-hybridized carbons (Fsp3) is 0.727. The van der Waals surface area contributed by atoms with Crippen molar-refractivity contribution in [2.24, 2.45) is 0 Å². The van der Waals surface area contributed by atoms with Gasteiger partial charge in [0, 0.05) is 30.4 Å². The van der Waals surface area contributed by atoms with Gasteiger partial charge in [0.25, 0.3) is 10.0 Å². The molecule has 0 aliphatic rings. The van der Waals surface area contributed by atoms with E-state index in [1.165, 1.54) is 0 Å². The van der Waals surface area contributed by atoms with E-state index in [4.69, 9.17) is 0 Å². The molecule has 0 amide bonds. The van der Waals surface area contributed by atoms with Crippen LogP contribution in [0.2, 0.25) is 0 Å². The number of aromatic nitrogens is 2. The zero-order valence-electron chi connectivity index (χ0n) is 12.0. The fourth-order valence-electron chi connectivity index (χ4n) is 1.56. The summed E-state index contributed by atoms with van der Waals surface area (Å²) in [7, 11) is -4.07. The average Bonchev–Trinajstić information content (AvgIpc) is 2.66. The molecular formula is C11H19F3N4O2S. The third-order valence-corrected chi connectivity index (χ3v) is 4.11. The molecule has 0 saturated heterocycles. The van der Waals surface area contributed by atoms with Gasteiger partial charge in [-0.05, 0) is 6.92 Å². The molecule has 1 aromatic heterocycles. The van der Waals surface area contributed by atoms with Gasteiger partial charge in [0.2, 0.25) is 0 Å². The van der Waals surface area contributed by atoms with Crippen LogP contribution in [0.4, 0.5) is 13.2 Å². The SMILES string of the molecule is Cc1[nH]nc(S(=O)(=O)NCCC(F)(F)F)c1CNC(C)C. The van der Waals surface area contributed by atoms with E-state index in [1.54, 1.807) is 6.92 Å². The van der Waals surface area contributed by atoms with Crippen LogP contribution in [0.25, 0.3) is 0 Å². The Morgan fingerprint density at radius 1 is 1.33 bits per heavy atom. The minimum atomic E-state index is -4.41. The first kappa shape index (κ1) is 17.9. The van der Waals surface area contributed by atoms with Crippen LogP contribution in [0.3, 0.4) is 0 Å². The van der Waals surface area contributed by atoms with E-state index < -0.39 is 29.2 Å². The third kappa shape index (κ3) is 5.64. The standard InChI is InChI=1S/C11H19F3N4O2S/c1-7(2)15-6-9-8(3)17-18-10(9)21(19,20)16-5-4-11(12,13)14/h7,15-16H,4-6H2,1-3H3,(H,17,18). The average molecular weight is 328 g/mol. The van der Waals surface area contributed by atoms with Crippen molar-refractivity contribution in [1.82, 2.24) is 20.2 Å². The number of hydrogen-bond donors (Lipinski definition) is 3. The van der Waals surface area contributed by atoms with Crippen LogP contribution in [-0.4, -0.2) is 37.4 Å². The van der Waals surface area contributed by atoms with E-state index in [-0.39, 0.29) is 17.6 Å². The van der Waals surface area contributed by atoms with E-state index in [0.717, 1.165) is 0 Å². The van der Waals surface area contributed by atoms with Crippen molar-refractivity contribution >= 4 is 10.0 Å². The lowest BCUT2D eigenvalue weighted by atomic mass is 10.2. The van der Waals surface area contributed by atoms with E-state index in [1.807, 2.05) is 18.6 Å². The van der Waals surface area contributed by atoms with Crippen molar-refractivity contribution in [3.63, 3.8) is 0 Å². The molecule has 0 saturated carbocycles. The number of H-pyrrole nitrogens is 1. The van der Waals surface area contributed by atoms with Crippen LogP contribution in [0, 0.1) is 6.92 Å². The summed E-state index contributed by atoms with van der Waals surface area (Å²) in [5.41, 5.74) is 0.975. The normalized spacial score (nSPS) is 13.1. The Morgan fingerprint density at radius 2 is 1.95 bits per heavy atom. The summed E-state index contributed by atoms with van der Waals surface area (Å²) in [5, 5.41) is 9.01. The summed E-state index contributed by atoms with van der Waals surface area (Å²) in [6.07, 6.45) is -5.64. The second-order valence-corrected chi connectivity index (χ2v) is 6.61. The minimum Gasteiger partial charge on any atom is -0.310 e. The van der Waals surface area contributed by atoms with Crippen molar-refractivity contribution in [2.75, 3.05) is 6.54 Å². The molecule has 1 rings (SSSR count). The van der Waals surface area contributed by atoms with Crippen LogP contribution < -0.4 is 10.0 Å². The van der Waals surface area contributed by atoms with Crippen LogP contribution >= 0.6 is 0 Å². The Bertz CT molecular complexity index is 567. The maximum atomic E-state index is 12.1. The number of halogens is 3. The highest BCUT2D eigenvalue weighted by Gasteiger charge is 2.29. The van der Waals surface area contributed by atoms with Gasteiger partial charge < -0.3 is 5.32 Å². The fourth-order valence-corrected chi connectivity index (χ4v) is 2.79. The summed E-state index contributed by atoms with van der Waals surface area (Å²) < 4.78 is 62.1. The topological polar surface area (TPSA) is 86.9 Å². The number of hydrogen-bond acceptors (Lipinski definition) is 4. The van der Waals surface area contributed by atoms with E-state index >= 15 is 0 Å². The van der Waals surface area contributed by atoms with E-state index in [0.29, 0.717) is 11.3 Å². The van der Waals surface area contributed by atoms with Crippen LogP contribution in [-0.2, 0) is 16.6 Å². The van der Waals surface area contributed by atoms with Crippen LogP contribution in [0.15, 0.2) is 5.03 Å². The van der Waals surface area contributed by atoms with Gasteiger partial charge in [-0.25, -0.2) is 13.1 Å². The Morgan fingerprint density at radius 3 is 2.48 bits per heavy atom. The first-order valence-corrected chi connectivity index (χ1v) is 7.85. The molecule has 1 aromatic rings. The van der Waals surface area contributed by atoms with Gasteiger partial charge in [-0.3, -0.25) is 5.10 Å². The lowest BCUT2D eigenvalue weighted by Gasteiger charge is -2.11. The third-order valence-electron chi connectivity index (χ3n) is 2.68. The largest absolute Gasteiger partial charge is 0.390 e. The molecule has 1 heterocycles. The summed E-state index contributed by atoms with van der Waals surface area (Å²) in [6, 6.07) is 0.132. The molecular weight excluding hydrogens is 309 g/mol. The Kier molecular flexibility index (Phi) is 5.76. The molecule has 10 heteroatoms. The van der Waals surface area contributed by atoms with Gasteiger partial charge in [-0.1, -0.05) is 13.8 Å². The Hall–Kier alpha value is -1.13. The van der Waals surface area contributed by atoms with Crippen molar-refractivity contribution in [3.05, 3.63) is 11.3 Å². The van der Waals surface area contributed by atoms with Crippen molar-refractivity contribution < 1.29 is 21.6 Å². The van der Waals surface area contributed by atoms with Crippen molar-refractivity contribution in [3.8, 4) is 0 Å². The maximum absolute atomic E-state index is 12.1. The highest BCUT2D eigenvalue weighted by Crippen LogP contribution is 2.20. The summed E-state index contributed by atoms with van der Waals surface area (Å²) in [5.74, 6) is 0. The molecule has 0 aliphatic carbocycles. The summed E-state index contributed by atoms with van der Waals surface area (Å²) in [4.78, 5) is 0. The van der Waals surface area contributed by atoms with Gasteiger partial charge in [0.1, 0.15) is 0 Å². The van der Waals surface area contributed by atoms with Crippen molar-refractivity contribution in [2.45, 2.75) is 51.0 Å². The summed E-state index contributed by atoms with van der Waals surface area (Å²) in [6.45, 7) is 4.99. The van der Waals surface area contributed by atoms with Crippen LogP contribution in [0.5, 0.6) is 0 Å². The number of aryl methyl sites for hydroxylation is 1. The van der Waals surface area contributed by atoms with Gasteiger partial charge in [0.05, 0.1) is 6.42 Å². The summed E-state index contributed by atoms with van der Waals surface area (Å²) >= 11 is 0. The first-order chi connectivity index (χ1) is 9.53. The molecule has 0 aliphatic heterocycles. The molecule has 0 unspecified atom stereocenters. The molecule has 0 aromatic carbocycles. The molecule has 6 nitrogen and oxygen atoms in total. The number of aromatic amines is 1. The number of nitrogens with zero attached hydrogens (tertiary/aromatic N) is 1. The predicted octanol–water partition coefficient (Wildman–Crippen LogP) is 1.45. The zero-order chi connectivity index (χ0) is 16.3. The molecule has 0 atom stereocenters. The molecule has 0 spiro atoms. The van der Waals surface area contributed by atoms with Crippen molar-refractivity contribution in [1.29, 1.82) is 0 Å². The van der Waals surface area contributed by atoms with Gasteiger partial charge in [-0.15, -0.1) is 0 Å². The highest BCUT2D eigenvalue weighted by molar-refractivity contribution is 7.89. The Labute approximate surface area is 121 Å². The molecule has 0 fully saturated rings. The number of rotatable bonds is 7. The molecule has 3 N–H and O–H groups in total. The first-order valence-electron chi connectivity index (χ1n) is 6.36. The van der Waals surface area contributed by atoms with E-state index in [2.05, 4.69) is 15.5 Å². The highest BCUT2D eigenvalue weighted by atomic mass is 32.2. The lowest BCUT2D eigenvalue weighted by Crippen LogP contribution is -2.30. The Balaban J connectivity index is 2.83. The van der Waals surface area contributed by atoms with E-state index in [9.17, 15) is 21.6 Å². The number of nitrogens with one attached hydrogen (secondary N) is 3. The maximum Gasteiger partial charge on any atom is 0.390 e. The monoisotopic (exact) mass is 328 g/mol. The van der Waals surface area contributed by atoms with Gasteiger partial charge >= 0.3 is 6.18 Å². The molecule has 0 radical (unpaired) electrons. The molecule has 0 bridgehead atoms. The van der Waals surface area contributed by atoms with Gasteiger partial charge in [-0.2, -0.15) is 18.3 Å². The number of alkyl halides is 3. The second-order valence-electron chi connectivity index (χ2n) is 4.93. The second kappa shape index (κ2) is 6.75. The molecule has 21 heavy (non-hydrogen) atoms. The zero-order valence-corrected chi connectivity index (χ0v) is 12.8. The minimum absolute atomic E-state index is 0.132.